The molecule has 136 valence electrons. The molecule has 0 aromatic heterocycles. The second kappa shape index (κ2) is 7.33. The van der Waals surface area contributed by atoms with Gasteiger partial charge in [0.05, 0.1) is 18.7 Å². The Hall–Kier alpha value is -2.60. The second-order valence-electron chi connectivity index (χ2n) is 6.17. The van der Waals surface area contributed by atoms with Crippen LogP contribution in [0.2, 0.25) is 5.02 Å². The van der Waals surface area contributed by atoms with Crippen molar-refractivity contribution in [2.45, 2.75) is 13.3 Å². The third-order valence-electron chi connectivity index (χ3n) is 4.39. The molecule has 0 saturated carbocycles. The summed E-state index contributed by atoms with van der Waals surface area (Å²) in [6.07, 6.45) is 0.0653. The normalized spacial score (nSPS) is 16.7. The number of carbonyl (C=O) groups is 2. The van der Waals surface area contributed by atoms with Crippen LogP contribution in [0.15, 0.2) is 36.4 Å². The predicted molar refractivity (Wildman–Crippen MR) is 98.2 cm³/mol. The monoisotopic (exact) mass is 376 g/mol. The molecular formula is C19H18ClFN2O3. The highest BCUT2D eigenvalue weighted by molar-refractivity contribution is 6.31. The summed E-state index contributed by atoms with van der Waals surface area (Å²) in [5.41, 5.74) is 1.68. The molecule has 1 heterocycles. The third-order valence-corrected chi connectivity index (χ3v) is 4.62. The quantitative estimate of drug-likeness (QED) is 0.883. The van der Waals surface area contributed by atoms with E-state index in [0.717, 1.165) is 5.56 Å². The summed E-state index contributed by atoms with van der Waals surface area (Å²) in [4.78, 5) is 26.5. The fraction of sp³-hybridized carbons (Fsp3) is 0.263. The van der Waals surface area contributed by atoms with Gasteiger partial charge in [0.15, 0.2) is 0 Å². The Morgan fingerprint density at radius 2 is 2.08 bits per heavy atom. The van der Waals surface area contributed by atoms with Gasteiger partial charge >= 0.3 is 0 Å². The van der Waals surface area contributed by atoms with Crippen LogP contribution in [0.25, 0.3) is 0 Å². The first-order valence-corrected chi connectivity index (χ1v) is 8.47. The molecule has 2 amide bonds. The number of carbonyl (C=O) groups excluding carboxylic acids is 2. The van der Waals surface area contributed by atoms with E-state index in [4.69, 9.17) is 16.3 Å². The van der Waals surface area contributed by atoms with Gasteiger partial charge in [0.25, 0.3) is 0 Å². The van der Waals surface area contributed by atoms with Crippen molar-refractivity contribution in [2.24, 2.45) is 5.92 Å². The van der Waals surface area contributed by atoms with Gasteiger partial charge < -0.3 is 15.0 Å². The minimum Gasteiger partial charge on any atom is -0.495 e. The van der Waals surface area contributed by atoms with E-state index in [0.29, 0.717) is 22.1 Å². The summed E-state index contributed by atoms with van der Waals surface area (Å²) in [5, 5.41) is 3.18. The fourth-order valence-electron chi connectivity index (χ4n) is 2.95. The molecule has 1 saturated heterocycles. The fourth-order valence-corrected chi connectivity index (χ4v) is 3.12. The average molecular weight is 377 g/mol. The lowest BCUT2D eigenvalue weighted by molar-refractivity contribution is -0.122. The van der Waals surface area contributed by atoms with Gasteiger partial charge in [-0.1, -0.05) is 17.7 Å². The summed E-state index contributed by atoms with van der Waals surface area (Å²) < 4.78 is 18.7. The number of benzene rings is 2. The van der Waals surface area contributed by atoms with Crippen LogP contribution in [0, 0.1) is 18.7 Å². The van der Waals surface area contributed by atoms with E-state index in [9.17, 15) is 14.0 Å². The van der Waals surface area contributed by atoms with Crippen LogP contribution in [-0.2, 0) is 9.59 Å². The average Bonchev–Trinajstić information content (AvgIpc) is 3.00. The van der Waals surface area contributed by atoms with E-state index in [2.05, 4.69) is 5.32 Å². The van der Waals surface area contributed by atoms with Gasteiger partial charge in [-0.2, -0.15) is 0 Å². The summed E-state index contributed by atoms with van der Waals surface area (Å²) >= 11 is 6.03. The predicted octanol–water partition coefficient (Wildman–Crippen LogP) is 3.79. The maximum absolute atomic E-state index is 13.4. The zero-order valence-corrected chi connectivity index (χ0v) is 15.1. The molecule has 7 heteroatoms. The van der Waals surface area contributed by atoms with E-state index in [1.165, 1.54) is 24.1 Å². The van der Waals surface area contributed by atoms with Crippen molar-refractivity contribution in [3.8, 4) is 5.75 Å². The van der Waals surface area contributed by atoms with Crippen molar-refractivity contribution in [1.29, 1.82) is 0 Å². The number of hydrogen-bond acceptors (Lipinski definition) is 3. The zero-order chi connectivity index (χ0) is 18.8. The number of nitrogens with zero attached hydrogens (tertiary/aromatic N) is 1. The number of rotatable bonds is 4. The van der Waals surface area contributed by atoms with Crippen LogP contribution in [0.1, 0.15) is 12.0 Å². The third kappa shape index (κ3) is 3.65. The maximum Gasteiger partial charge on any atom is 0.229 e. The molecule has 1 aliphatic heterocycles. The molecule has 0 bridgehead atoms. The lowest BCUT2D eigenvalue weighted by Gasteiger charge is -2.20. The lowest BCUT2D eigenvalue weighted by Crippen LogP contribution is -2.28. The van der Waals surface area contributed by atoms with Crippen LogP contribution >= 0.6 is 11.6 Å². The van der Waals surface area contributed by atoms with Gasteiger partial charge in [0.2, 0.25) is 11.8 Å². The second-order valence-corrected chi connectivity index (χ2v) is 6.61. The van der Waals surface area contributed by atoms with E-state index < -0.39 is 11.7 Å². The molecule has 1 N–H and O–H groups in total. The SMILES string of the molecule is COc1ccc(Cl)cc1N1CC(C(=O)Nc2cc(F)ccc2C)CC1=O. The molecule has 0 spiro atoms. The molecule has 1 atom stereocenters. The number of hydrogen-bond donors (Lipinski definition) is 1. The minimum absolute atomic E-state index is 0.0653. The van der Waals surface area contributed by atoms with Crippen molar-refractivity contribution in [1.82, 2.24) is 0 Å². The van der Waals surface area contributed by atoms with Gasteiger partial charge in [-0.15, -0.1) is 0 Å². The molecule has 0 radical (unpaired) electrons. The van der Waals surface area contributed by atoms with Gasteiger partial charge in [-0.3, -0.25) is 9.59 Å². The lowest BCUT2D eigenvalue weighted by atomic mass is 10.1. The number of methoxy groups -OCH3 is 1. The molecule has 2 aromatic rings. The van der Waals surface area contributed by atoms with E-state index in [1.54, 1.807) is 31.2 Å². The Morgan fingerprint density at radius 1 is 1.31 bits per heavy atom. The van der Waals surface area contributed by atoms with Crippen molar-refractivity contribution in [3.05, 3.63) is 52.8 Å². The Bertz CT molecular complexity index is 872. The molecule has 1 unspecified atom stereocenters. The molecule has 3 rings (SSSR count). The van der Waals surface area contributed by atoms with Crippen LogP contribution in [0.3, 0.4) is 0 Å². The first-order valence-electron chi connectivity index (χ1n) is 8.10. The zero-order valence-electron chi connectivity index (χ0n) is 14.4. The number of anilines is 2. The van der Waals surface area contributed by atoms with Crippen LogP contribution < -0.4 is 15.0 Å². The summed E-state index contributed by atoms with van der Waals surface area (Å²) in [7, 11) is 1.50. The molecule has 1 fully saturated rings. The summed E-state index contributed by atoms with van der Waals surface area (Å²) in [6.45, 7) is 1.98. The van der Waals surface area contributed by atoms with Gasteiger partial charge in [0, 0.05) is 23.7 Å². The largest absolute Gasteiger partial charge is 0.495 e. The Morgan fingerprint density at radius 3 is 2.81 bits per heavy atom. The van der Waals surface area contributed by atoms with Crippen molar-refractivity contribution < 1.29 is 18.7 Å². The molecular weight excluding hydrogens is 359 g/mol. The van der Waals surface area contributed by atoms with E-state index in [1.807, 2.05) is 0 Å². The van der Waals surface area contributed by atoms with Crippen molar-refractivity contribution in [3.63, 3.8) is 0 Å². The van der Waals surface area contributed by atoms with Gasteiger partial charge in [-0.25, -0.2) is 4.39 Å². The van der Waals surface area contributed by atoms with Crippen LogP contribution in [0.5, 0.6) is 5.75 Å². The first-order chi connectivity index (χ1) is 12.4. The highest BCUT2D eigenvalue weighted by atomic mass is 35.5. The highest BCUT2D eigenvalue weighted by Gasteiger charge is 2.36. The topological polar surface area (TPSA) is 58.6 Å². The molecule has 2 aromatic carbocycles. The minimum atomic E-state index is -0.547. The molecule has 0 aliphatic carbocycles. The van der Waals surface area contributed by atoms with Crippen LogP contribution in [-0.4, -0.2) is 25.5 Å². The Labute approximate surface area is 155 Å². The van der Waals surface area contributed by atoms with Gasteiger partial charge in [0.1, 0.15) is 11.6 Å². The van der Waals surface area contributed by atoms with Crippen molar-refractivity contribution >= 4 is 34.8 Å². The molecule has 5 nitrogen and oxygen atoms in total. The first kappa shape index (κ1) is 18.2. The Kier molecular flexibility index (Phi) is 5.13. The van der Waals surface area contributed by atoms with Crippen LogP contribution in [0.4, 0.5) is 15.8 Å². The smallest absolute Gasteiger partial charge is 0.229 e. The van der Waals surface area contributed by atoms with E-state index >= 15 is 0 Å². The van der Waals surface area contributed by atoms with Gasteiger partial charge in [-0.05, 0) is 42.8 Å². The standard InChI is InChI=1S/C19H18ClFN2O3/c1-11-3-5-14(21)9-15(11)22-19(25)12-7-18(24)23(10-12)16-8-13(20)4-6-17(16)26-2/h3-6,8-9,12H,7,10H2,1-2H3,(H,22,25). The van der Waals surface area contributed by atoms with E-state index in [-0.39, 0.29) is 24.8 Å². The molecule has 1 aliphatic rings. The summed E-state index contributed by atoms with van der Waals surface area (Å²) in [5.74, 6) is -0.991. The summed E-state index contributed by atoms with van der Waals surface area (Å²) in [6, 6.07) is 9.16. The van der Waals surface area contributed by atoms with Crippen molar-refractivity contribution in [2.75, 3.05) is 23.9 Å². The Balaban J connectivity index is 1.78. The number of amides is 2. The number of nitrogens with one attached hydrogen (secondary N) is 1. The molecule has 26 heavy (non-hydrogen) atoms. The maximum atomic E-state index is 13.4. The number of halogens is 2. The highest BCUT2D eigenvalue weighted by Crippen LogP contribution is 2.35. The number of ether oxygens (including phenoxy) is 1. The number of aryl methyl sites for hydroxylation is 1.